The van der Waals surface area contributed by atoms with Crippen molar-refractivity contribution in [3.63, 3.8) is 0 Å². The first-order valence-corrected chi connectivity index (χ1v) is 9.96. The van der Waals surface area contributed by atoms with Gasteiger partial charge in [0.2, 0.25) is 5.91 Å². The molecule has 3 heterocycles. The number of carbonyl (C=O) groups is 1. The fourth-order valence-corrected chi connectivity index (χ4v) is 3.72. The fraction of sp³-hybridized carbons (Fsp3) is 0.455. The summed E-state index contributed by atoms with van der Waals surface area (Å²) in [6, 6.07) is 11.8. The minimum absolute atomic E-state index is 0.0541. The number of aryl methyl sites for hydroxylation is 1. The molecule has 2 saturated heterocycles. The number of hydrogen-bond donors (Lipinski definition) is 1. The topological polar surface area (TPSA) is 72.9 Å². The number of nitrogens with zero attached hydrogens (tertiary/aromatic N) is 2. The molecule has 0 saturated carbocycles. The first-order valence-electron chi connectivity index (χ1n) is 9.96. The fourth-order valence-electron chi connectivity index (χ4n) is 3.72. The van der Waals surface area contributed by atoms with Gasteiger partial charge in [0.05, 0.1) is 31.6 Å². The molecule has 0 unspecified atom stereocenters. The molecule has 1 amide bonds. The van der Waals surface area contributed by atoms with E-state index < -0.39 is 0 Å². The van der Waals surface area contributed by atoms with Crippen molar-refractivity contribution in [3.8, 4) is 5.75 Å². The van der Waals surface area contributed by atoms with Crippen LogP contribution in [0.2, 0.25) is 0 Å². The molecule has 7 heteroatoms. The number of pyridine rings is 1. The molecule has 2 fully saturated rings. The third-order valence-electron chi connectivity index (χ3n) is 5.15. The number of amides is 1. The molecule has 154 valence electrons. The number of anilines is 1. The maximum atomic E-state index is 11.1. The van der Waals surface area contributed by atoms with Crippen LogP contribution >= 0.6 is 0 Å². The molecule has 0 aliphatic carbocycles. The highest BCUT2D eigenvalue weighted by molar-refractivity contribution is 5.88. The molecule has 0 bridgehead atoms. The number of likely N-dealkylation sites (tertiary alicyclic amines) is 1. The van der Waals surface area contributed by atoms with Gasteiger partial charge in [-0.25, -0.2) is 0 Å². The van der Waals surface area contributed by atoms with Gasteiger partial charge >= 0.3 is 0 Å². The lowest BCUT2D eigenvalue weighted by Crippen LogP contribution is -2.29. The zero-order valence-corrected chi connectivity index (χ0v) is 16.8. The predicted molar refractivity (Wildman–Crippen MR) is 109 cm³/mol. The van der Waals surface area contributed by atoms with Crippen LogP contribution in [0.15, 0.2) is 42.6 Å². The molecular weight excluding hydrogens is 370 g/mol. The lowest BCUT2D eigenvalue weighted by molar-refractivity contribution is -0.114. The second-order valence-corrected chi connectivity index (χ2v) is 7.69. The summed E-state index contributed by atoms with van der Waals surface area (Å²) in [6.45, 7) is 6.97. The van der Waals surface area contributed by atoms with Gasteiger partial charge in [-0.3, -0.25) is 14.7 Å². The molecule has 1 N–H and O–H groups in total. The van der Waals surface area contributed by atoms with E-state index in [1.807, 2.05) is 43.3 Å². The second-order valence-electron chi connectivity index (χ2n) is 7.69. The van der Waals surface area contributed by atoms with E-state index in [4.69, 9.17) is 14.2 Å². The highest BCUT2D eigenvalue weighted by Gasteiger charge is 2.37. The van der Waals surface area contributed by atoms with Gasteiger partial charge < -0.3 is 19.5 Å². The summed E-state index contributed by atoms with van der Waals surface area (Å²) in [5.41, 5.74) is 2.98. The standard InChI is InChI=1S/C22H27N3O4/c1-15-3-8-19(9-23-15)29-20-13-27-21-11-25(12-22(21)28-14-20)10-17-4-6-18(7-5-17)24-16(2)26/h3-9,20-22H,10-14H2,1-2H3,(H,24,26)/t21-,22-/m0/s1. The van der Waals surface area contributed by atoms with Crippen LogP contribution in [0.3, 0.4) is 0 Å². The van der Waals surface area contributed by atoms with Crippen molar-refractivity contribution in [2.24, 2.45) is 0 Å². The van der Waals surface area contributed by atoms with Gasteiger partial charge in [-0.2, -0.15) is 0 Å². The van der Waals surface area contributed by atoms with Gasteiger partial charge in [-0.05, 0) is 36.8 Å². The summed E-state index contributed by atoms with van der Waals surface area (Å²) < 4.78 is 18.2. The van der Waals surface area contributed by atoms with Crippen LogP contribution in [0.5, 0.6) is 5.75 Å². The first kappa shape index (κ1) is 19.8. The Bertz CT molecular complexity index is 809. The molecule has 2 aliphatic rings. The summed E-state index contributed by atoms with van der Waals surface area (Å²) in [4.78, 5) is 17.7. The van der Waals surface area contributed by atoms with Gasteiger partial charge in [0.1, 0.15) is 11.9 Å². The number of aromatic nitrogens is 1. The normalized spacial score (nSPS) is 22.7. The average molecular weight is 397 g/mol. The van der Waals surface area contributed by atoms with Crippen LogP contribution in [0, 0.1) is 6.92 Å². The SMILES string of the molecule is CC(=O)Nc1ccc(CN2C[C@@H]3OCC(Oc4ccc(C)nc4)CO[C@H]3C2)cc1. The van der Waals surface area contributed by atoms with Gasteiger partial charge in [-0.15, -0.1) is 0 Å². The van der Waals surface area contributed by atoms with Crippen LogP contribution in [-0.2, 0) is 20.8 Å². The van der Waals surface area contributed by atoms with E-state index >= 15 is 0 Å². The molecule has 4 rings (SSSR count). The second kappa shape index (κ2) is 8.90. The zero-order chi connectivity index (χ0) is 20.2. The highest BCUT2D eigenvalue weighted by atomic mass is 16.6. The molecule has 2 aliphatic heterocycles. The highest BCUT2D eigenvalue weighted by Crippen LogP contribution is 2.24. The number of fused-ring (bicyclic) bond motifs is 1. The molecule has 1 aromatic heterocycles. The van der Waals surface area contributed by atoms with Gasteiger partial charge in [0.15, 0.2) is 0 Å². The Hall–Kier alpha value is -2.48. The number of nitrogens with one attached hydrogen (secondary N) is 1. The summed E-state index contributed by atoms with van der Waals surface area (Å²) in [6.07, 6.45) is 1.72. The molecule has 0 radical (unpaired) electrons. The van der Waals surface area contributed by atoms with Crippen LogP contribution in [0.1, 0.15) is 18.2 Å². The summed E-state index contributed by atoms with van der Waals surface area (Å²) >= 11 is 0. The third-order valence-corrected chi connectivity index (χ3v) is 5.15. The summed E-state index contributed by atoms with van der Waals surface area (Å²) in [7, 11) is 0. The Labute approximate surface area is 171 Å². The van der Waals surface area contributed by atoms with Crippen molar-refractivity contribution in [2.45, 2.75) is 38.7 Å². The molecule has 7 nitrogen and oxygen atoms in total. The maximum Gasteiger partial charge on any atom is 0.221 e. The molecule has 29 heavy (non-hydrogen) atoms. The van der Waals surface area contributed by atoms with E-state index in [0.717, 1.165) is 36.8 Å². The van der Waals surface area contributed by atoms with Crippen molar-refractivity contribution < 1.29 is 19.0 Å². The van der Waals surface area contributed by atoms with E-state index in [9.17, 15) is 4.79 Å². The Morgan fingerprint density at radius 1 is 1.14 bits per heavy atom. The van der Waals surface area contributed by atoms with Crippen LogP contribution < -0.4 is 10.1 Å². The van der Waals surface area contributed by atoms with E-state index in [1.165, 1.54) is 12.5 Å². The number of rotatable bonds is 5. The Morgan fingerprint density at radius 3 is 2.41 bits per heavy atom. The molecular formula is C22H27N3O4. The number of carbonyl (C=O) groups excluding carboxylic acids is 1. The van der Waals surface area contributed by atoms with E-state index in [0.29, 0.717) is 13.2 Å². The van der Waals surface area contributed by atoms with Crippen molar-refractivity contribution in [1.29, 1.82) is 0 Å². The number of hydrogen-bond acceptors (Lipinski definition) is 6. The molecule has 1 aromatic carbocycles. The monoisotopic (exact) mass is 397 g/mol. The van der Waals surface area contributed by atoms with Crippen molar-refractivity contribution >= 4 is 11.6 Å². The molecule has 2 aromatic rings. The Balaban J connectivity index is 1.27. The average Bonchev–Trinajstić information content (AvgIpc) is 2.99. The van der Waals surface area contributed by atoms with E-state index in [1.54, 1.807) is 6.20 Å². The minimum Gasteiger partial charge on any atom is -0.484 e. The summed E-state index contributed by atoms with van der Waals surface area (Å²) in [5.74, 6) is 0.678. The maximum absolute atomic E-state index is 11.1. The zero-order valence-electron chi connectivity index (χ0n) is 16.8. The summed E-state index contributed by atoms with van der Waals surface area (Å²) in [5, 5.41) is 2.79. The van der Waals surface area contributed by atoms with Crippen LogP contribution in [0.25, 0.3) is 0 Å². The first-order chi connectivity index (χ1) is 14.0. The van der Waals surface area contributed by atoms with Gasteiger partial charge in [-0.1, -0.05) is 12.1 Å². The molecule has 2 atom stereocenters. The Kier molecular flexibility index (Phi) is 6.08. The van der Waals surface area contributed by atoms with Crippen LogP contribution in [0.4, 0.5) is 5.69 Å². The van der Waals surface area contributed by atoms with Crippen molar-refractivity contribution in [2.75, 3.05) is 31.6 Å². The number of ether oxygens (including phenoxy) is 3. The van der Waals surface area contributed by atoms with E-state index in [2.05, 4.69) is 15.2 Å². The Morgan fingerprint density at radius 2 is 1.83 bits per heavy atom. The predicted octanol–water partition coefficient (Wildman–Crippen LogP) is 2.40. The lowest BCUT2D eigenvalue weighted by Gasteiger charge is -2.19. The largest absolute Gasteiger partial charge is 0.484 e. The smallest absolute Gasteiger partial charge is 0.221 e. The third kappa shape index (κ3) is 5.32. The van der Waals surface area contributed by atoms with E-state index in [-0.39, 0.29) is 24.2 Å². The van der Waals surface area contributed by atoms with Gasteiger partial charge in [0.25, 0.3) is 0 Å². The van der Waals surface area contributed by atoms with Gasteiger partial charge in [0, 0.05) is 37.9 Å². The molecule has 0 spiro atoms. The quantitative estimate of drug-likeness (QED) is 0.835. The van der Waals surface area contributed by atoms with Crippen molar-refractivity contribution in [1.82, 2.24) is 9.88 Å². The van der Waals surface area contributed by atoms with Crippen LogP contribution in [-0.4, -0.2) is 60.4 Å². The lowest BCUT2D eigenvalue weighted by atomic mass is 10.2. The van der Waals surface area contributed by atoms with Crippen molar-refractivity contribution in [3.05, 3.63) is 53.9 Å². The minimum atomic E-state index is -0.125. The number of benzene rings is 1.